The van der Waals surface area contributed by atoms with Crippen LogP contribution in [0.4, 0.5) is 0 Å². The maximum Gasteiger partial charge on any atom is 0.310 e. The minimum atomic E-state index is -0.781. The van der Waals surface area contributed by atoms with E-state index in [-0.39, 0.29) is 6.54 Å². The van der Waals surface area contributed by atoms with Crippen LogP contribution in [0.2, 0.25) is 0 Å². The number of aliphatic carboxylic acids is 1. The van der Waals surface area contributed by atoms with Gasteiger partial charge in [0.15, 0.2) is 0 Å². The molecule has 0 heterocycles. The minimum Gasteiger partial charge on any atom is -0.481 e. The predicted octanol–water partition coefficient (Wildman–Crippen LogP) is 1.57. The second kappa shape index (κ2) is 6.27. The molecule has 0 rings (SSSR count). The van der Waals surface area contributed by atoms with Gasteiger partial charge in [-0.05, 0) is 31.3 Å². The molecule has 1 atom stereocenters. The van der Waals surface area contributed by atoms with Gasteiger partial charge in [-0.15, -0.1) is 0 Å². The number of thioether (sulfide) groups is 1. The van der Waals surface area contributed by atoms with Crippen LogP contribution < -0.4 is 5.73 Å². The van der Waals surface area contributed by atoms with Crippen molar-refractivity contribution in [3.63, 3.8) is 0 Å². The van der Waals surface area contributed by atoms with Crippen molar-refractivity contribution >= 4 is 17.7 Å². The zero-order valence-corrected chi connectivity index (χ0v) is 9.19. The van der Waals surface area contributed by atoms with Crippen molar-refractivity contribution in [2.24, 2.45) is 11.1 Å². The summed E-state index contributed by atoms with van der Waals surface area (Å²) in [5, 5.41) is 8.90. The Hall–Kier alpha value is -0.220. The molecular weight excluding hydrogens is 186 g/mol. The van der Waals surface area contributed by atoms with Crippen molar-refractivity contribution in [1.29, 1.82) is 0 Å². The zero-order chi connectivity index (χ0) is 10.3. The molecule has 0 bridgehead atoms. The van der Waals surface area contributed by atoms with Gasteiger partial charge in [-0.1, -0.05) is 6.92 Å². The van der Waals surface area contributed by atoms with Crippen LogP contribution in [0.25, 0.3) is 0 Å². The summed E-state index contributed by atoms with van der Waals surface area (Å²) in [4.78, 5) is 10.8. The van der Waals surface area contributed by atoms with Crippen LogP contribution in [0.1, 0.15) is 26.7 Å². The molecule has 0 aromatic heterocycles. The van der Waals surface area contributed by atoms with Crippen molar-refractivity contribution in [3.05, 3.63) is 0 Å². The SMILES string of the molecule is CCSCCCC(C)(CN)C(=O)O. The Bertz CT molecular complexity index is 164. The highest BCUT2D eigenvalue weighted by molar-refractivity contribution is 7.99. The number of rotatable bonds is 7. The van der Waals surface area contributed by atoms with Crippen LogP contribution in [0.15, 0.2) is 0 Å². The van der Waals surface area contributed by atoms with Gasteiger partial charge in [0.1, 0.15) is 0 Å². The van der Waals surface area contributed by atoms with Gasteiger partial charge in [0.2, 0.25) is 0 Å². The standard InChI is InChI=1S/C9H19NO2S/c1-3-13-6-4-5-9(2,7-10)8(11)12/h3-7,10H2,1-2H3,(H,11,12). The second-order valence-electron chi connectivity index (χ2n) is 3.37. The van der Waals surface area contributed by atoms with Crippen molar-refractivity contribution in [1.82, 2.24) is 0 Å². The van der Waals surface area contributed by atoms with Gasteiger partial charge in [-0.2, -0.15) is 11.8 Å². The Morgan fingerprint density at radius 3 is 2.62 bits per heavy atom. The lowest BCUT2D eigenvalue weighted by Crippen LogP contribution is -2.35. The molecule has 0 aromatic rings. The molecule has 3 nitrogen and oxygen atoms in total. The lowest BCUT2D eigenvalue weighted by atomic mass is 9.86. The van der Waals surface area contributed by atoms with E-state index in [1.54, 1.807) is 6.92 Å². The monoisotopic (exact) mass is 205 g/mol. The van der Waals surface area contributed by atoms with E-state index in [1.165, 1.54) is 0 Å². The summed E-state index contributed by atoms with van der Waals surface area (Å²) in [6.07, 6.45) is 1.60. The topological polar surface area (TPSA) is 63.3 Å². The Morgan fingerprint density at radius 2 is 2.23 bits per heavy atom. The number of carbonyl (C=O) groups is 1. The fourth-order valence-electron chi connectivity index (χ4n) is 1.01. The molecule has 0 fully saturated rings. The quantitative estimate of drug-likeness (QED) is 0.619. The molecule has 0 aromatic carbocycles. The summed E-state index contributed by atoms with van der Waals surface area (Å²) in [5.41, 5.74) is 4.71. The lowest BCUT2D eigenvalue weighted by molar-refractivity contribution is -0.147. The van der Waals surface area contributed by atoms with Crippen molar-refractivity contribution in [2.75, 3.05) is 18.1 Å². The molecule has 0 aliphatic carbocycles. The first-order chi connectivity index (χ1) is 6.06. The van der Waals surface area contributed by atoms with Gasteiger partial charge >= 0.3 is 5.97 Å². The Morgan fingerprint density at radius 1 is 1.62 bits per heavy atom. The van der Waals surface area contributed by atoms with E-state index in [0.29, 0.717) is 6.42 Å². The van der Waals surface area contributed by atoms with Crippen LogP contribution in [-0.2, 0) is 4.79 Å². The highest BCUT2D eigenvalue weighted by Crippen LogP contribution is 2.23. The average molecular weight is 205 g/mol. The summed E-state index contributed by atoms with van der Waals surface area (Å²) in [5.74, 6) is 1.34. The summed E-state index contributed by atoms with van der Waals surface area (Å²) in [6, 6.07) is 0. The van der Waals surface area contributed by atoms with E-state index in [4.69, 9.17) is 10.8 Å². The Balaban J connectivity index is 3.78. The molecule has 3 N–H and O–H groups in total. The molecule has 78 valence electrons. The molecule has 0 aliphatic heterocycles. The lowest BCUT2D eigenvalue weighted by Gasteiger charge is -2.22. The summed E-state index contributed by atoms with van der Waals surface area (Å²) >= 11 is 1.84. The van der Waals surface area contributed by atoms with Crippen molar-refractivity contribution in [2.45, 2.75) is 26.7 Å². The van der Waals surface area contributed by atoms with E-state index in [2.05, 4.69) is 6.92 Å². The molecule has 1 unspecified atom stereocenters. The molecule has 0 spiro atoms. The Kier molecular flexibility index (Phi) is 6.16. The van der Waals surface area contributed by atoms with Gasteiger partial charge < -0.3 is 10.8 Å². The maximum atomic E-state index is 10.8. The van der Waals surface area contributed by atoms with Crippen molar-refractivity contribution < 1.29 is 9.90 Å². The van der Waals surface area contributed by atoms with Crippen LogP contribution in [0, 0.1) is 5.41 Å². The fourth-order valence-corrected chi connectivity index (χ4v) is 1.64. The zero-order valence-electron chi connectivity index (χ0n) is 8.38. The van der Waals surface area contributed by atoms with E-state index in [1.807, 2.05) is 11.8 Å². The molecule has 4 heteroatoms. The van der Waals surface area contributed by atoms with E-state index >= 15 is 0 Å². The number of carboxylic acids is 1. The molecule has 0 saturated carbocycles. The largest absolute Gasteiger partial charge is 0.481 e. The number of hydrogen-bond acceptors (Lipinski definition) is 3. The van der Waals surface area contributed by atoms with E-state index < -0.39 is 11.4 Å². The molecule has 0 aliphatic rings. The number of hydrogen-bond donors (Lipinski definition) is 2. The predicted molar refractivity (Wildman–Crippen MR) is 57.0 cm³/mol. The third-order valence-corrected chi connectivity index (χ3v) is 3.17. The van der Waals surface area contributed by atoms with Crippen LogP contribution in [0.5, 0.6) is 0 Å². The van der Waals surface area contributed by atoms with Crippen LogP contribution in [-0.4, -0.2) is 29.1 Å². The van der Waals surface area contributed by atoms with Crippen LogP contribution in [0.3, 0.4) is 0 Å². The second-order valence-corrected chi connectivity index (χ2v) is 4.76. The molecule has 0 amide bonds. The first kappa shape index (κ1) is 12.8. The third-order valence-electron chi connectivity index (χ3n) is 2.19. The van der Waals surface area contributed by atoms with Gasteiger partial charge in [0.05, 0.1) is 5.41 Å². The summed E-state index contributed by atoms with van der Waals surface area (Å²) in [6.45, 7) is 4.04. The Labute approximate surface area is 84.1 Å². The maximum absolute atomic E-state index is 10.8. The third kappa shape index (κ3) is 4.52. The average Bonchev–Trinajstić information content (AvgIpc) is 2.12. The highest BCUT2D eigenvalue weighted by Gasteiger charge is 2.30. The summed E-state index contributed by atoms with van der Waals surface area (Å²) < 4.78 is 0. The fraction of sp³-hybridized carbons (Fsp3) is 0.889. The van der Waals surface area contributed by atoms with Gasteiger partial charge in [-0.25, -0.2) is 0 Å². The first-order valence-electron chi connectivity index (χ1n) is 4.58. The number of nitrogens with two attached hydrogens (primary N) is 1. The van der Waals surface area contributed by atoms with Crippen molar-refractivity contribution in [3.8, 4) is 0 Å². The summed E-state index contributed by atoms with van der Waals surface area (Å²) in [7, 11) is 0. The molecule has 13 heavy (non-hydrogen) atoms. The van der Waals surface area contributed by atoms with E-state index in [0.717, 1.165) is 17.9 Å². The number of carboxylic acid groups (broad SMARTS) is 1. The highest BCUT2D eigenvalue weighted by atomic mass is 32.2. The van der Waals surface area contributed by atoms with Gasteiger partial charge in [0, 0.05) is 6.54 Å². The van der Waals surface area contributed by atoms with Crippen LogP contribution >= 0.6 is 11.8 Å². The smallest absolute Gasteiger partial charge is 0.310 e. The van der Waals surface area contributed by atoms with Gasteiger partial charge in [-0.3, -0.25) is 4.79 Å². The molecular formula is C9H19NO2S. The van der Waals surface area contributed by atoms with E-state index in [9.17, 15) is 4.79 Å². The first-order valence-corrected chi connectivity index (χ1v) is 5.73. The minimum absolute atomic E-state index is 0.221. The van der Waals surface area contributed by atoms with Gasteiger partial charge in [0.25, 0.3) is 0 Å². The molecule has 0 saturated heterocycles. The normalized spacial score (nSPS) is 15.3. The molecule has 0 radical (unpaired) electrons.